The van der Waals surface area contributed by atoms with Crippen molar-refractivity contribution in [1.82, 2.24) is 0 Å². The molecule has 0 spiro atoms. The summed E-state index contributed by atoms with van der Waals surface area (Å²) in [5, 5.41) is 6.68. The molecule has 110 valence electrons. The third-order valence-corrected chi connectivity index (χ3v) is 3.21. The van der Waals surface area contributed by atoms with Crippen molar-refractivity contribution in [3.63, 3.8) is 0 Å². The average Bonchev–Trinajstić information content (AvgIpc) is 2.47. The van der Waals surface area contributed by atoms with Gasteiger partial charge in [-0.2, -0.15) is 0 Å². The van der Waals surface area contributed by atoms with Crippen molar-refractivity contribution in [1.29, 1.82) is 0 Å². The number of benzene rings is 3. The van der Waals surface area contributed by atoms with Crippen molar-refractivity contribution < 1.29 is 0 Å². The Kier molecular flexibility index (Phi) is 3.83. The van der Waals surface area contributed by atoms with Gasteiger partial charge in [-0.05, 0) is 54.6 Å². The molecule has 0 aliphatic heterocycles. The second-order valence-electron chi connectivity index (χ2n) is 5.08. The molecule has 3 aromatic carbocycles. The predicted molar refractivity (Wildman–Crippen MR) is 94.7 cm³/mol. The Balaban J connectivity index is 1.78. The van der Waals surface area contributed by atoms with Gasteiger partial charge >= 0.3 is 0 Å². The number of rotatable bonds is 4. The van der Waals surface area contributed by atoms with E-state index in [0.717, 1.165) is 34.1 Å². The number of hydrogen-bond acceptors (Lipinski definition) is 4. The van der Waals surface area contributed by atoms with Gasteiger partial charge in [0.25, 0.3) is 0 Å². The molecule has 0 aromatic heterocycles. The third-order valence-electron chi connectivity index (χ3n) is 3.21. The molecule has 4 heteroatoms. The van der Waals surface area contributed by atoms with Crippen LogP contribution in [0.2, 0.25) is 0 Å². The van der Waals surface area contributed by atoms with Crippen LogP contribution >= 0.6 is 0 Å². The summed E-state index contributed by atoms with van der Waals surface area (Å²) in [6.07, 6.45) is 0. The van der Waals surface area contributed by atoms with Gasteiger partial charge < -0.3 is 22.1 Å². The molecule has 0 saturated carbocycles. The zero-order valence-electron chi connectivity index (χ0n) is 12.1. The van der Waals surface area contributed by atoms with E-state index in [9.17, 15) is 0 Å². The zero-order chi connectivity index (χ0) is 15.4. The van der Waals surface area contributed by atoms with Gasteiger partial charge in [-0.1, -0.05) is 18.2 Å². The highest BCUT2D eigenvalue weighted by Crippen LogP contribution is 2.24. The lowest BCUT2D eigenvalue weighted by Gasteiger charge is -2.11. The van der Waals surface area contributed by atoms with E-state index in [0.29, 0.717) is 0 Å². The van der Waals surface area contributed by atoms with Crippen LogP contribution in [0, 0.1) is 0 Å². The van der Waals surface area contributed by atoms with E-state index >= 15 is 0 Å². The van der Waals surface area contributed by atoms with Crippen molar-refractivity contribution in [2.45, 2.75) is 0 Å². The molecule has 0 aliphatic rings. The van der Waals surface area contributed by atoms with E-state index in [2.05, 4.69) is 10.6 Å². The number of anilines is 6. The summed E-state index contributed by atoms with van der Waals surface area (Å²) in [4.78, 5) is 0. The first-order valence-electron chi connectivity index (χ1n) is 7.04. The molecule has 0 fully saturated rings. The lowest BCUT2D eigenvalue weighted by molar-refractivity contribution is 1.51. The molecular weight excluding hydrogens is 272 g/mol. The van der Waals surface area contributed by atoms with Crippen LogP contribution in [-0.2, 0) is 0 Å². The second-order valence-corrected chi connectivity index (χ2v) is 5.08. The summed E-state index contributed by atoms with van der Waals surface area (Å²) in [6, 6.07) is 23.4. The standard InChI is InChI=1S/C18H18N4/c19-13-4-1-6-15(10-13)21-17-8-3-9-18(12-17)22-16-7-2-5-14(20)11-16/h1-12,21-22H,19-20H2. The van der Waals surface area contributed by atoms with Gasteiger partial charge in [-0.15, -0.1) is 0 Å². The number of nitrogen functional groups attached to an aromatic ring is 2. The molecule has 4 nitrogen and oxygen atoms in total. The summed E-state index contributed by atoms with van der Waals surface area (Å²) < 4.78 is 0. The van der Waals surface area contributed by atoms with E-state index < -0.39 is 0 Å². The highest BCUT2D eigenvalue weighted by Gasteiger charge is 1.99. The fraction of sp³-hybridized carbons (Fsp3) is 0. The first-order valence-corrected chi connectivity index (χ1v) is 7.04. The summed E-state index contributed by atoms with van der Waals surface area (Å²) >= 11 is 0. The van der Waals surface area contributed by atoms with Crippen LogP contribution in [0.3, 0.4) is 0 Å². The van der Waals surface area contributed by atoms with Crippen LogP contribution in [0.4, 0.5) is 34.1 Å². The molecule has 0 aliphatic carbocycles. The molecule has 6 N–H and O–H groups in total. The molecule has 0 atom stereocenters. The first kappa shape index (κ1) is 13.8. The Morgan fingerprint density at radius 3 is 1.27 bits per heavy atom. The molecule has 0 saturated heterocycles. The fourth-order valence-electron chi connectivity index (χ4n) is 2.24. The van der Waals surface area contributed by atoms with Gasteiger partial charge in [-0.3, -0.25) is 0 Å². The minimum atomic E-state index is 0.735. The van der Waals surface area contributed by atoms with Gasteiger partial charge in [0.2, 0.25) is 0 Å². The molecule has 0 heterocycles. The lowest BCUT2D eigenvalue weighted by Crippen LogP contribution is -1.95. The third kappa shape index (κ3) is 3.49. The Labute approximate surface area is 129 Å². The average molecular weight is 290 g/mol. The maximum absolute atomic E-state index is 5.79. The molecular formula is C18H18N4. The minimum absolute atomic E-state index is 0.735. The molecule has 3 rings (SSSR count). The molecule has 3 aromatic rings. The lowest BCUT2D eigenvalue weighted by atomic mass is 10.2. The largest absolute Gasteiger partial charge is 0.399 e. The van der Waals surface area contributed by atoms with Gasteiger partial charge in [0.05, 0.1) is 0 Å². The SMILES string of the molecule is Nc1cccc(Nc2cccc(Nc3cccc(N)c3)c2)c1. The number of nitrogens with one attached hydrogen (secondary N) is 2. The van der Waals surface area contributed by atoms with Crippen molar-refractivity contribution >= 4 is 34.1 Å². The zero-order valence-corrected chi connectivity index (χ0v) is 12.1. The van der Waals surface area contributed by atoms with Gasteiger partial charge in [0.15, 0.2) is 0 Å². The second kappa shape index (κ2) is 6.10. The van der Waals surface area contributed by atoms with Crippen LogP contribution in [0.15, 0.2) is 72.8 Å². The van der Waals surface area contributed by atoms with Crippen molar-refractivity contribution in [2.24, 2.45) is 0 Å². The highest BCUT2D eigenvalue weighted by atomic mass is 14.9. The van der Waals surface area contributed by atoms with E-state index in [-0.39, 0.29) is 0 Å². The van der Waals surface area contributed by atoms with Crippen LogP contribution in [-0.4, -0.2) is 0 Å². The quantitative estimate of drug-likeness (QED) is 0.539. The minimum Gasteiger partial charge on any atom is -0.399 e. The van der Waals surface area contributed by atoms with E-state index in [1.165, 1.54) is 0 Å². The van der Waals surface area contributed by atoms with E-state index in [4.69, 9.17) is 11.5 Å². The fourth-order valence-corrected chi connectivity index (χ4v) is 2.24. The number of hydrogen-bond donors (Lipinski definition) is 4. The maximum Gasteiger partial charge on any atom is 0.0405 e. The van der Waals surface area contributed by atoms with Crippen molar-refractivity contribution in [3.8, 4) is 0 Å². The smallest absolute Gasteiger partial charge is 0.0405 e. The Morgan fingerprint density at radius 1 is 0.500 bits per heavy atom. The van der Waals surface area contributed by atoms with Gasteiger partial charge in [0, 0.05) is 34.1 Å². The normalized spacial score (nSPS) is 10.2. The van der Waals surface area contributed by atoms with Crippen LogP contribution in [0.25, 0.3) is 0 Å². The Hall–Kier alpha value is -3.14. The molecule has 0 bridgehead atoms. The Bertz CT molecular complexity index is 721. The van der Waals surface area contributed by atoms with Crippen LogP contribution in [0.1, 0.15) is 0 Å². The van der Waals surface area contributed by atoms with Crippen molar-refractivity contribution in [2.75, 3.05) is 22.1 Å². The number of nitrogens with two attached hydrogens (primary N) is 2. The van der Waals surface area contributed by atoms with Gasteiger partial charge in [0.1, 0.15) is 0 Å². The molecule has 0 amide bonds. The monoisotopic (exact) mass is 290 g/mol. The summed E-state index contributed by atoms with van der Waals surface area (Å²) in [5.41, 5.74) is 16.9. The molecule has 0 radical (unpaired) electrons. The summed E-state index contributed by atoms with van der Waals surface area (Å²) in [5.74, 6) is 0. The van der Waals surface area contributed by atoms with Crippen molar-refractivity contribution in [3.05, 3.63) is 72.8 Å². The summed E-state index contributed by atoms with van der Waals surface area (Å²) in [6.45, 7) is 0. The Morgan fingerprint density at radius 2 is 0.864 bits per heavy atom. The predicted octanol–water partition coefficient (Wildman–Crippen LogP) is 4.34. The molecule has 22 heavy (non-hydrogen) atoms. The first-order chi connectivity index (χ1) is 10.7. The summed E-state index contributed by atoms with van der Waals surface area (Å²) in [7, 11) is 0. The van der Waals surface area contributed by atoms with Crippen LogP contribution < -0.4 is 22.1 Å². The van der Waals surface area contributed by atoms with E-state index in [1.54, 1.807) is 0 Å². The van der Waals surface area contributed by atoms with E-state index in [1.807, 2.05) is 72.8 Å². The topological polar surface area (TPSA) is 76.1 Å². The molecule has 0 unspecified atom stereocenters. The maximum atomic E-state index is 5.79. The highest BCUT2D eigenvalue weighted by molar-refractivity contribution is 5.70. The van der Waals surface area contributed by atoms with Crippen LogP contribution in [0.5, 0.6) is 0 Å². The van der Waals surface area contributed by atoms with Gasteiger partial charge in [-0.25, -0.2) is 0 Å².